The highest BCUT2D eigenvalue weighted by Crippen LogP contribution is 2.14. The molecule has 0 radical (unpaired) electrons. The van der Waals surface area contributed by atoms with Gasteiger partial charge in [0, 0.05) is 31.5 Å². The van der Waals surface area contributed by atoms with Crippen molar-refractivity contribution in [2.24, 2.45) is 5.73 Å². The Kier molecular flexibility index (Phi) is 3.23. The number of hydrogen-bond donors (Lipinski definition) is 1. The molecule has 0 bridgehead atoms. The van der Waals surface area contributed by atoms with Crippen molar-refractivity contribution < 1.29 is 4.39 Å². The lowest BCUT2D eigenvalue weighted by Gasteiger charge is -2.17. The van der Waals surface area contributed by atoms with Crippen LogP contribution in [0.5, 0.6) is 0 Å². The molecular weight excluding hydrogens is 259 g/mol. The molecule has 3 rings (SSSR count). The van der Waals surface area contributed by atoms with E-state index in [-0.39, 0.29) is 17.4 Å². The van der Waals surface area contributed by atoms with Crippen LogP contribution in [-0.2, 0) is 0 Å². The number of benzene rings is 1. The summed E-state index contributed by atoms with van der Waals surface area (Å²) in [6, 6.07) is 5.99. The number of aromatic nitrogens is 2. The zero-order chi connectivity index (χ0) is 14.1. The van der Waals surface area contributed by atoms with E-state index < -0.39 is 0 Å². The zero-order valence-electron chi connectivity index (χ0n) is 10.9. The second kappa shape index (κ2) is 5.05. The normalized spacial score (nSPS) is 18.5. The maximum absolute atomic E-state index is 13.3. The molecule has 1 unspecified atom stereocenters. The van der Waals surface area contributed by atoms with Crippen molar-refractivity contribution >= 4 is 5.82 Å². The van der Waals surface area contributed by atoms with E-state index in [1.54, 1.807) is 18.3 Å². The van der Waals surface area contributed by atoms with Crippen LogP contribution < -0.4 is 16.2 Å². The van der Waals surface area contributed by atoms with Gasteiger partial charge in [-0.2, -0.15) is 0 Å². The first-order valence-electron chi connectivity index (χ1n) is 6.49. The van der Waals surface area contributed by atoms with E-state index in [1.165, 1.54) is 22.9 Å². The second-order valence-electron chi connectivity index (χ2n) is 4.90. The molecule has 1 aromatic heterocycles. The van der Waals surface area contributed by atoms with E-state index in [0.29, 0.717) is 18.1 Å². The molecule has 5 nitrogen and oxygen atoms in total. The second-order valence-corrected chi connectivity index (χ2v) is 4.90. The maximum Gasteiger partial charge on any atom is 0.298 e. The van der Waals surface area contributed by atoms with E-state index in [2.05, 4.69) is 4.98 Å². The summed E-state index contributed by atoms with van der Waals surface area (Å²) < 4.78 is 14.7. The van der Waals surface area contributed by atoms with Gasteiger partial charge in [0.1, 0.15) is 5.82 Å². The molecule has 6 heteroatoms. The van der Waals surface area contributed by atoms with Gasteiger partial charge in [-0.1, -0.05) is 6.07 Å². The first-order chi connectivity index (χ1) is 9.65. The molecule has 1 saturated heterocycles. The number of anilines is 1. The Morgan fingerprint density at radius 2 is 2.25 bits per heavy atom. The molecule has 20 heavy (non-hydrogen) atoms. The fourth-order valence-electron chi connectivity index (χ4n) is 2.43. The quantitative estimate of drug-likeness (QED) is 0.884. The fourth-order valence-corrected chi connectivity index (χ4v) is 2.43. The van der Waals surface area contributed by atoms with Crippen LogP contribution in [0.25, 0.3) is 5.69 Å². The Balaban J connectivity index is 2.04. The predicted octanol–water partition coefficient (Wildman–Crippen LogP) is 0.909. The number of hydrogen-bond acceptors (Lipinski definition) is 4. The molecule has 1 aliphatic rings. The first kappa shape index (κ1) is 12.8. The van der Waals surface area contributed by atoms with Gasteiger partial charge >= 0.3 is 0 Å². The van der Waals surface area contributed by atoms with Gasteiger partial charge in [-0.05, 0) is 24.6 Å². The van der Waals surface area contributed by atoms with Gasteiger partial charge in [0.25, 0.3) is 5.56 Å². The van der Waals surface area contributed by atoms with Crippen molar-refractivity contribution in [2.45, 2.75) is 12.5 Å². The summed E-state index contributed by atoms with van der Waals surface area (Å²) in [6.07, 6.45) is 3.93. The third-order valence-electron chi connectivity index (χ3n) is 3.43. The molecule has 1 aromatic carbocycles. The molecule has 2 aromatic rings. The smallest absolute Gasteiger partial charge is 0.298 e. The van der Waals surface area contributed by atoms with Gasteiger partial charge in [-0.3, -0.25) is 9.36 Å². The lowest BCUT2D eigenvalue weighted by Crippen LogP contribution is -2.33. The lowest BCUT2D eigenvalue weighted by atomic mass is 10.3. The van der Waals surface area contributed by atoms with Crippen LogP contribution >= 0.6 is 0 Å². The van der Waals surface area contributed by atoms with Crippen LogP contribution in [0.3, 0.4) is 0 Å². The van der Waals surface area contributed by atoms with Crippen molar-refractivity contribution in [3.05, 3.63) is 52.8 Å². The maximum atomic E-state index is 13.3. The van der Waals surface area contributed by atoms with Gasteiger partial charge < -0.3 is 10.6 Å². The minimum Gasteiger partial charge on any atom is -0.350 e. The summed E-state index contributed by atoms with van der Waals surface area (Å²) in [6.45, 7) is 1.34. The molecule has 1 atom stereocenters. The average molecular weight is 274 g/mol. The molecule has 0 spiro atoms. The Morgan fingerprint density at radius 1 is 1.40 bits per heavy atom. The molecule has 2 N–H and O–H groups in total. The third kappa shape index (κ3) is 2.30. The van der Waals surface area contributed by atoms with Crippen LogP contribution in [0, 0.1) is 5.82 Å². The topological polar surface area (TPSA) is 64.2 Å². The van der Waals surface area contributed by atoms with E-state index in [0.717, 1.165) is 13.0 Å². The zero-order valence-corrected chi connectivity index (χ0v) is 10.9. The Morgan fingerprint density at radius 3 is 2.95 bits per heavy atom. The third-order valence-corrected chi connectivity index (χ3v) is 3.43. The van der Waals surface area contributed by atoms with E-state index in [4.69, 9.17) is 5.73 Å². The van der Waals surface area contributed by atoms with Gasteiger partial charge in [-0.15, -0.1) is 0 Å². The first-order valence-corrected chi connectivity index (χ1v) is 6.49. The van der Waals surface area contributed by atoms with Crippen molar-refractivity contribution in [1.82, 2.24) is 9.55 Å². The summed E-state index contributed by atoms with van der Waals surface area (Å²) >= 11 is 0. The highest BCUT2D eigenvalue weighted by molar-refractivity contribution is 5.41. The largest absolute Gasteiger partial charge is 0.350 e. The van der Waals surface area contributed by atoms with Crippen LogP contribution in [0.2, 0.25) is 0 Å². The van der Waals surface area contributed by atoms with E-state index >= 15 is 0 Å². The number of rotatable bonds is 2. The SMILES string of the molecule is NC1CCN(c2nccn(-c3cccc(F)c3)c2=O)C1. The minimum atomic E-state index is -0.379. The van der Waals surface area contributed by atoms with Crippen molar-refractivity contribution in [3.8, 4) is 5.69 Å². The number of nitrogens with two attached hydrogens (primary N) is 1. The molecular formula is C14H15FN4O. The number of nitrogens with zero attached hydrogens (tertiary/aromatic N) is 3. The van der Waals surface area contributed by atoms with Crippen molar-refractivity contribution in [1.29, 1.82) is 0 Å². The summed E-state index contributed by atoms with van der Waals surface area (Å²) in [7, 11) is 0. The Bertz CT molecular complexity index is 685. The minimum absolute atomic E-state index is 0.0685. The monoisotopic (exact) mass is 274 g/mol. The van der Waals surface area contributed by atoms with Crippen LogP contribution in [-0.4, -0.2) is 28.7 Å². The van der Waals surface area contributed by atoms with E-state index in [9.17, 15) is 9.18 Å². The summed E-state index contributed by atoms with van der Waals surface area (Å²) in [4.78, 5) is 18.5. The summed E-state index contributed by atoms with van der Waals surface area (Å²) in [5.41, 5.74) is 6.08. The van der Waals surface area contributed by atoms with Gasteiger partial charge in [0.2, 0.25) is 0 Å². The molecule has 2 heterocycles. The molecule has 0 amide bonds. The van der Waals surface area contributed by atoms with Gasteiger partial charge in [-0.25, -0.2) is 9.37 Å². The van der Waals surface area contributed by atoms with Gasteiger partial charge in [0.15, 0.2) is 5.82 Å². The summed E-state index contributed by atoms with van der Waals surface area (Å²) in [5, 5.41) is 0. The highest BCUT2D eigenvalue weighted by Gasteiger charge is 2.23. The molecule has 0 aliphatic carbocycles. The van der Waals surface area contributed by atoms with Crippen LogP contribution in [0.15, 0.2) is 41.5 Å². The van der Waals surface area contributed by atoms with Gasteiger partial charge in [0.05, 0.1) is 5.69 Å². The van der Waals surface area contributed by atoms with Crippen LogP contribution in [0.4, 0.5) is 10.2 Å². The standard InChI is InChI=1S/C14H15FN4O/c15-10-2-1-3-12(8-10)19-7-5-17-13(14(19)20)18-6-4-11(16)9-18/h1-3,5,7-8,11H,4,6,9,16H2. The lowest BCUT2D eigenvalue weighted by molar-refractivity contribution is 0.626. The van der Waals surface area contributed by atoms with Crippen LogP contribution in [0.1, 0.15) is 6.42 Å². The molecule has 104 valence electrons. The number of halogens is 1. The Labute approximate surface area is 115 Å². The molecule has 0 saturated carbocycles. The molecule has 1 fully saturated rings. The Hall–Kier alpha value is -2.21. The molecule has 1 aliphatic heterocycles. The predicted molar refractivity (Wildman–Crippen MR) is 74.6 cm³/mol. The average Bonchev–Trinajstić information content (AvgIpc) is 2.85. The van der Waals surface area contributed by atoms with E-state index in [1.807, 2.05) is 4.90 Å². The summed E-state index contributed by atoms with van der Waals surface area (Å²) in [5.74, 6) is -0.0133. The fraction of sp³-hybridized carbons (Fsp3) is 0.286. The van der Waals surface area contributed by atoms with Crippen molar-refractivity contribution in [3.63, 3.8) is 0 Å². The van der Waals surface area contributed by atoms with Crippen molar-refractivity contribution in [2.75, 3.05) is 18.0 Å². The highest BCUT2D eigenvalue weighted by atomic mass is 19.1.